The second-order valence-corrected chi connectivity index (χ2v) is 4.32. The Labute approximate surface area is 85.1 Å². The lowest BCUT2D eigenvalue weighted by Gasteiger charge is -2.10. The molecule has 1 fully saturated rings. The number of carbonyl (C=O) groups is 1. The topological polar surface area (TPSA) is 79.5 Å². The summed E-state index contributed by atoms with van der Waals surface area (Å²) in [4.78, 5) is 14.7. The molecule has 5 nitrogen and oxygen atoms in total. The summed E-state index contributed by atoms with van der Waals surface area (Å²) in [5, 5.41) is 12.7. The number of urea groups is 1. The van der Waals surface area contributed by atoms with Crippen molar-refractivity contribution in [2.75, 3.05) is 6.54 Å². The van der Waals surface area contributed by atoms with Crippen LogP contribution < -0.4 is 5.73 Å². The van der Waals surface area contributed by atoms with Gasteiger partial charge < -0.3 is 5.73 Å². The lowest BCUT2D eigenvalue weighted by Crippen LogP contribution is -2.34. The summed E-state index contributed by atoms with van der Waals surface area (Å²) in [5.41, 5.74) is 4.90. The molecule has 0 aromatic carbocycles. The van der Waals surface area contributed by atoms with Crippen molar-refractivity contribution >= 4 is 17.4 Å². The maximum absolute atomic E-state index is 10.5. The van der Waals surface area contributed by atoms with Crippen molar-refractivity contribution < 1.29 is 10.0 Å². The fourth-order valence-corrected chi connectivity index (χ4v) is 2.33. The van der Waals surface area contributed by atoms with Gasteiger partial charge >= 0.3 is 6.03 Å². The Morgan fingerprint density at radius 3 is 3.21 bits per heavy atom. The number of carbonyl (C=O) groups excluding carboxylic acids is 1. The van der Waals surface area contributed by atoms with E-state index in [-0.39, 0.29) is 0 Å². The molecule has 1 aliphatic rings. The number of hydrogen-bond acceptors (Lipinski definition) is 4. The molecular weight excluding hydrogens is 202 g/mol. The lowest BCUT2D eigenvalue weighted by molar-refractivity contribution is -0.0431. The molecule has 1 aromatic rings. The first kappa shape index (κ1) is 9.42. The van der Waals surface area contributed by atoms with Crippen LogP contribution in [0.5, 0.6) is 0 Å². The van der Waals surface area contributed by atoms with Gasteiger partial charge in [-0.2, -0.15) is 0 Å². The number of thiazole rings is 1. The van der Waals surface area contributed by atoms with E-state index in [1.165, 1.54) is 0 Å². The van der Waals surface area contributed by atoms with Crippen LogP contribution in [-0.4, -0.2) is 27.8 Å². The highest BCUT2D eigenvalue weighted by Gasteiger charge is 2.41. The van der Waals surface area contributed by atoms with Gasteiger partial charge in [0.25, 0.3) is 0 Å². The molecule has 1 aromatic heterocycles. The SMILES string of the molecule is NC(=O)N(O)CC1CC1c1nccs1. The molecule has 6 heteroatoms. The van der Waals surface area contributed by atoms with Crippen molar-refractivity contribution in [3.8, 4) is 0 Å². The van der Waals surface area contributed by atoms with Crippen molar-refractivity contribution in [1.82, 2.24) is 10.0 Å². The molecule has 1 saturated carbocycles. The van der Waals surface area contributed by atoms with Crippen molar-refractivity contribution in [3.63, 3.8) is 0 Å². The third-order valence-electron chi connectivity index (χ3n) is 2.35. The molecule has 0 radical (unpaired) electrons. The van der Waals surface area contributed by atoms with E-state index in [4.69, 9.17) is 10.9 Å². The van der Waals surface area contributed by atoms with Gasteiger partial charge in [0.05, 0.1) is 11.6 Å². The van der Waals surface area contributed by atoms with E-state index in [2.05, 4.69) is 4.98 Å². The van der Waals surface area contributed by atoms with Crippen LogP contribution in [0.15, 0.2) is 11.6 Å². The molecule has 2 atom stereocenters. The molecule has 1 heterocycles. The quantitative estimate of drug-likeness (QED) is 0.581. The van der Waals surface area contributed by atoms with Gasteiger partial charge in [0, 0.05) is 17.5 Å². The Balaban J connectivity index is 1.85. The highest BCUT2D eigenvalue weighted by Crippen LogP contribution is 2.48. The standard InChI is InChI=1S/C8H11N3O2S/c9-8(12)11(13)4-5-3-6(5)7-10-1-2-14-7/h1-2,5-6,13H,3-4H2,(H2,9,12). The number of hydroxylamine groups is 2. The molecule has 14 heavy (non-hydrogen) atoms. The highest BCUT2D eigenvalue weighted by molar-refractivity contribution is 7.09. The Morgan fingerprint density at radius 2 is 2.64 bits per heavy atom. The summed E-state index contributed by atoms with van der Waals surface area (Å²) in [6, 6.07) is -0.796. The van der Waals surface area contributed by atoms with Crippen LogP contribution in [0.1, 0.15) is 17.3 Å². The number of nitrogens with two attached hydrogens (primary N) is 1. The van der Waals surface area contributed by atoms with Crippen LogP contribution in [0.25, 0.3) is 0 Å². The normalized spacial score (nSPS) is 24.6. The van der Waals surface area contributed by atoms with E-state index in [1.807, 2.05) is 5.38 Å². The van der Waals surface area contributed by atoms with Crippen LogP contribution in [0, 0.1) is 5.92 Å². The summed E-state index contributed by atoms with van der Waals surface area (Å²) in [6.45, 7) is 0.305. The van der Waals surface area contributed by atoms with E-state index < -0.39 is 6.03 Å². The zero-order valence-corrected chi connectivity index (χ0v) is 8.28. The van der Waals surface area contributed by atoms with Crippen LogP contribution in [0.3, 0.4) is 0 Å². The average Bonchev–Trinajstić information content (AvgIpc) is 2.70. The Kier molecular flexibility index (Phi) is 2.39. The van der Waals surface area contributed by atoms with E-state index in [1.54, 1.807) is 17.5 Å². The molecule has 2 rings (SSSR count). The smallest absolute Gasteiger partial charge is 0.338 e. The summed E-state index contributed by atoms with van der Waals surface area (Å²) in [5.74, 6) is 0.697. The van der Waals surface area contributed by atoms with Crippen LogP contribution in [-0.2, 0) is 0 Å². The first-order valence-electron chi connectivity index (χ1n) is 4.33. The minimum absolute atomic E-state index is 0.304. The third-order valence-corrected chi connectivity index (χ3v) is 3.26. The Morgan fingerprint density at radius 1 is 1.86 bits per heavy atom. The fourth-order valence-electron chi connectivity index (χ4n) is 1.48. The van der Waals surface area contributed by atoms with Crippen LogP contribution in [0.2, 0.25) is 0 Å². The van der Waals surface area contributed by atoms with Crippen LogP contribution in [0.4, 0.5) is 4.79 Å². The Hall–Kier alpha value is -1.14. The molecule has 2 amide bonds. The van der Waals surface area contributed by atoms with E-state index in [9.17, 15) is 4.79 Å². The largest absolute Gasteiger partial charge is 0.350 e. The average molecular weight is 213 g/mol. The fraction of sp³-hybridized carbons (Fsp3) is 0.500. The van der Waals surface area contributed by atoms with Crippen LogP contribution >= 0.6 is 11.3 Å². The maximum atomic E-state index is 10.5. The van der Waals surface area contributed by atoms with E-state index >= 15 is 0 Å². The summed E-state index contributed by atoms with van der Waals surface area (Å²) in [7, 11) is 0. The van der Waals surface area contributed by atoms with Gasteiger partial charge in [-0.15, -0.1) is 11.3 Å². The van der Waals surface area contributed by atoms with Gasteiger partial charge in [0.15, 0.2) is 0 Å². The number of nitrogens with zero attached hydrogens (tertiary/aromatic N) is 2. The Bertz CT molecular complexity index is 327. The number of rotatable bonds is 3. The molecule has 0 spiro atoms. The number of hydrogen-bond donors (Lipinski definition) is 2. The second kappa shape index (κ2) is 3.55. The van der Waals surface area contributed by atoms with Crippen molar-refractivity contribution in [2.45, 2.75) is 12.3 Å². The minimum Gasteiger partial charge on any atom is -0.350 e. The second-order valence-electron chi connectivity index (χ2n) is 3.39. The van der Waals surface area contributed by atoms with E-state index in [0.717, 1.165) is 11.4 Å². The van der Waals surface area contributed by atoms with Crippen molar-refractivity contribution in [1.29, 1.82) is 0 Å². The monoisotopic (exact) mass is 213 g/mol. The molecule has 76 valence electrons. The highest BCUT2D eigenvalue weighted by atomic mass is 32.1. The van der Waals surface area contributed by atoms with Gasteiger partial charge in [-0.25, -0.2) is 14.8 Å². The molecule has 3 N–H and O–H groups in total. The number of amides is 2. The van der Waals surface area contributed by atoms with E-state index in [0.29, 0.717) is 23.4 Å². The van der Waals surface area contributed by atoms with Crippen molar-refractivity contribution in [2.24, 2.45) is 11.7 Å². The summed E-state index contributed by atoms with van der Waals surface area (Å²) >= 11 is 1.61. The third kappa shape index (κ3) is 1.85. The van der Waals surface area contributed by atoms with Gasteiger partial charge in [0.2, 0.25) is 0 Å². The first-order chi connectivity index (χ1) is 6.68. The predicted molar refractivity (Wildman–Crippen MR) is 51.0 cm³/mol. The number of primary amides is 1. The van der Waals surface area contributed by atoms with Gasteiger partial charge in [-0.05, 0) is 12.3 Å². The predicted octanol–water partition coefficient (Wildman–Crippen LogP) is 1.02. The van der Waals surface area contributed by atoms with Crippen molar-refractivity contribution in [3.05, 3.63) is 16.6 Å². The molecule has 0 aliphatic heterocycles. The lowest BCUT2D eigenvalue weighted by atomic mass is 10.3. The van der Waals surface area contributed by atoms with Gasteiger partial charge in [0.1, 0.15) is 0 Å². The maximum Gasteiger partial charge on any atom is 0.338 e. The minimum atomic E-state index is -0.796. The molecular formula is C8H11N3O2S. The van der Waals surface area contributed by atoms with Gasteiger partial charge in [-0.3, -0.25) is 5.21 Å². The molecule has 1 aliphatic carbocycles. The van der Waals surface area contributed by atoms with Gasteiger partial charge in [-0.1, -0.05) is 0 Å². The first-order valence-corrected chi connectivity index (χ1v) is 5.21. The molecule has 0 saturated heterocycles. The number of aromatic nitrogens is 1. The summed E-state index contributed by atoms with van der Waals surface area (Å²) in [6.07, 6.45) is 2.73. The zero-order valence-electron chi connectivity index (χ0n) is 7.46. The molecule has 2 unspecified atom stereocenters. The zero-order chi connectivity index (χ0) is 10.1. The summed E-state index contributed by atoms with van der Waals surface area (Å²) < 4.78 is 0. The molecule has 0 bridgehead atoms.